The molecule has 1 fully saturated rings. The van der Waals surface area contributed by atoms with Crippen LogP contribution in [0.5, 0.6) is 0 Å². The van der Waals surface area contributed by atoms with Crippen molar-refractivity contribution >= 4 is 5.91 Å². The summed E-state index contributed by atoms with van der Waals surface area (Å²) in [6.07, 6.45) is 10.4. The molecule has 0 saturated heterocycles. The van der Waals surface area contributed by atoms with Crippen molar-refractivity contribution in [1.29, 1.82) is 0 Å². The minimum absolute atomic E-state index is 0.296. The zero-order valence-electron chi connectivity index (χ0n) is 13.7. The Morgan fingerprint density at radius 2 is 1.90 bits per heavy atom. The number of unbranched alkanes of at least 4 members (excludes halogenated alkanes) is 1. The molecule has 118 valence electrons. The number of nitrogens with zero attached hydrogens (tertiary/aromatic N) is 1. The Morgan fingerprint density at radius 3 is 2.50 bits per heavy atom. The highest BCUT2D eigenvalue weighted by Gasteiger charge is 2.24. The molecule has 3 nitrogen and oxygen atoms in total. The first-order valence-electron chi connectivity index (χ1n) is 8.56. The molecule has 0 aromatic heterocycles. The van der Waals surface area contributed by atoms with Crippen LogP contribution in [0.3, 0.4) is 0 Å². The fourth-order valence-electron chi connectivity index (χ4n) is 2.99. The fraction of sp³-hybridized carbons (Fsp3) is 0.941. The van der Waals surface area contributed by atoms with Crippen LogP contribution in [0.1, 0.15) is 78.6 Å². The lowest BCUT2D eigenvalue weighted by molar-refractivity contribution is -0.134. The van der Waals surface area contributed by atoms with Gasteiger partial charge in [-0.25, -0.2) is 0 Å². The lowest BCUT2D eigenvalue weighted by Gasteiger charge is -2.34. The standard InChI is InChI=1S/C17H33NO2/c1-4-13-18(16-10-6-5-7-11-16)17(19)12-8-9-14-20-15(2)3/h15-16H,4-14H2,1-3H3. The number of hydrogen-bond donors (Lipinski definition) is 0. The highest BCUT2D eigenvalue weighted by molar-refractivity contribution is 5.76. The van der Waals surface area contributed by atoms with Crippen molar-refractivity contribution in [2.45, 2.75) is 90.7 Å². The van der Waals surface area contributed by atoms with Gasteiger partial charge in [0.25, 0.3) is 0 Å². The Kier molecular flexibility index (Phi) is 8.92. The Hall–Kier alpha value is -0.570. The average molecular weight is 283 g/mol. The number of hydrogen-bond acceptors (Lipinski definition) is 2. The lowest BCUT2D eigenvalue weighted by Crippen LogP contribution is -2.41. The van der Waals surface area contributed by atoms with Crippen LogP contribution >= 0.6 is 0 Å². The Morgan fingerprint density at radius 1 is 1.20 bits per heavy atom. The molecule has 0 spiro atoms. The van der Waals surface area contributed by atoms with Gasteiger partial charge in [-0.1, -0.05) is 26.2 Å². The summed E-state index contributed by atoms with van der Waals surface area (Å²) >= 11 is 0. The van der Waals surface area contributed by atoms with E-state index in [1.807, 2.05) is 0 Å². The van der Waals surface area contributed by atoms with Gasteiger partial charge in [-0.2, -0.15) is 0 Å². The van der Waals surface area contributed by atoms with Crippen LogP contribution in [-0.2, 0) is 9.53 Å². The molecule has 3 heteroatoms. The molecule has 1 amide bonds. The van der Waals surface area contributed by atoms with Crippen LogP contribution in [0, 0.1) is 0 Å². The van der Waals surface area contributed by atoms with E-state index in [-0.39, 0.29) is 0 Å². The summed E-state index contributed by atoms with van der Waals surface area (Å²) in [6.45, 7) is 7.99. The molecule has 0 radical (unpaired) electrons. The molecule has 0 N–H and O–H groups in total. The van der Waals surface area contributed by atoms with E-state index < -0.39 is 0 Å². The minimum atomic E-state index is 0.296. The summed E-state index contributed by atoms with van der Waals surface area (Å²) in [7, 11) is 0. The van der Waals surface area contributed by atoms with E-state index in [2.05, 4.69) is 25.7 Å². The van der Waals surface area contributed by atoms with Crippen molar-refractivity contribution in [3.63, 3.8) is 0 Å². The predicted molar refractivity (Wildman–Crippen MR) is 83.8 cm³/mol. The molecule has 20 heavy (non-hydrogen) atoms. The van der Waals surface area contributed by atoms with E-state index in [0.717, 1.165) is 32.4 Å². The number of carbonyl (C=O) groups is 1. The third-order valence-corrected chi connectivity index (χ3v) is 4.04. The maximum Gasteiger partial charge on any atom is 0.222 e. The van der Waals surface area contributed by atoms with E-state index in [1.165, 1.54) is 32.1 Å². The van der Waals surface area contributed by atoms with Crippen molar-refractivity contribution < 1.29 is 9.53 Å². The van der Waals surface area contributed by atoms with Crippen LogP contribution in [0.2, 0.25) is 0 Å². The second-order valence-electron chi connectivity index (χ2n) is 6.26. The van der Waals surface area contributed by atoms with Gasteiger partial charge in [0, 0.05) is 25.6 Å². The Labute approximate surface area is 125 Å². The molecular weight excluding hydrogens is 250 g/mol. The van der Waals surface area contributed by atoms with Crippen LogP contribution in [0.25, 0.3) is 0 Å². The normalized spacial score (nSPS) is 16.6. The zero-order chi connectivity index (χ0) is 14.8. The first-order valence-corrected chi connectivity index (χ1v) is 8.56. The third-order valence-electron chi connectivity index (χ3n) is 4.04. The quantitative estimate of drug-likeness (QED) is 0.595. The van der Waals surface area contributed by atoms with Crippen molar-refractivity contribution in [3.8, 4) is 0 Å². The molecule has 0 bridgehead atoms. The van der Waals surface area contributed by atoms with Crippen LogP contribution in [0.15, 0.2) is 0 Å². The highest BCUT2D eigenvalue weighted by Crippen LogP contribution is 2.23. The van der Waals surface area contributed by atoms with Crippen molar-refractivity contribution in [1.82, 2.24) is 4.90 Å². The van der Waals surface area contributed by atoms with Crippen LogP contribution in [-0.4, -0.2) is 36.1 Å². The van der Waals surface area contributed by atoms with Crippen molar-refractivity contribution in [2.24, 2.45) is 0 Å². The van der Waals surface area contributed by atoms with E-state index in [4.69, 9.17) is 4.74 Å². The van der Waals surface area contributed by atoms with Gasteiger partial charge in [0.15, 0.2) is 0 Å². The van der Waals surface area contributed by atoms with Gasteiger partial charge in [0.2, 0.25) is 5.91 Å². The third kappa shape index (κ3) is 6.74. The molecule has 1 rings (SSSR count). The fourth-order valence-corrected chi connectivity index (χ4v) is 2.99. The second-order valence-corrected chi connectivity index (χ2v) is 6.26. The van der Waals surface area contributed by atoms with Crippen LogP contribution < -0.4 is 0 Å². The monoisotopic (exact) mass is 283 g/mol. The maximum atomic E-state index is 12.4. The first kappa shape index (κ1) is 17.5. The van der Waals surface area contributed by atoms with Gasteiger partial charge >= 0.3 is 0 Å². The summed E-state index contributed by atoms with van der Waals surface area (Å²) in [5.41, 5.74) is 0. The molecule has 1 aliphatic carbocycles. The summed E-state index contributed by atoms with van der Waals surface area (Å²) in [5, 5.41) is 0. The molecule has 0 aliphatic heterocycles. The summed E-state index contributed by atoms with van der Waals surface area (Å²) < 4.78 is 5.52. The SMILES string of the molecule is CCCN(C(=O)CCCCOC(C)C)C1CCCCC1. The number of rotatable bonds is 9. The van der Waals surface area contributed by atoms with Crippen LogP contribution in [0.4, 0.5) is 0 Å². The molecule has 0 aromatic rings. The molecule has 0 unspecified atom stereocenters. The van der Waals surface area contributed by atoms with Crippen molar-refractivity contribution in [2.75, 3.05) is 13.2 Å². The van der Waals surface area contributed by atoms with Crippen molar-refractivity contribution in [3.05, 3.63) is 0 Å². The predicted octanol–water partition coefficient (Wildman–Crippen LogP) is 4.15. The smallest absolute Gasteiger partial charge is 0.222 e. The largest absolute Gasteiger partial charge is 0.379 e. The number of carbonyl (C=O) groups excluding carboxylic acids is 1. The topological polar surface area (TPSA) is 29.5 Å². The summed E-state index contributed by atoms with van der Waals surface area (Å²) in [4.78, 5) is 14.6. The Balaban J connectivity index is 2.28. The maximum absolute atomic E-state index is 12.4. The molecular formula is C17H33NO2. The second kappa shape index (κ2) is 10.2. The average Bonchev–Trinajstić information content (AvgIpc) is 2.44. The molecule has 1 saturated carbocycles. The van der Waals surface area contributed by atoms with E-state index in [0.29, 0.717) is 24.5 Å². The summed E-state index contributed by atoms with van der Waals surface area (Å²) in [6, 6.07) is 0.517. The van der Waals surface area contributed by atoms with Gasteiger partial charge in [-0.05, 0) is 46.0 Å². The van der Waals surface area contributed by atoms with E-state index >= 15 is 0 Å². The lowest BCUT2D eigenvalue weighted by atomic mass is 9.93. The van der Waals surface area contributed by atoms with E-state index in [1.54, 1.807) is 0 Å². The molecule has 1 aliphatic rings. The highest BCUT2D eigenvalue weighted by atomic mass is 16.5. The number of ether oxygens (including phenoxy) is 1. The molecule has 0 atom stereocenters. The Bertz CT molecular complexity index is 260. The van der Waals surface area contributed by atoms with Gasteiger partial charge in [-0.15, -0.1) is 0 Å². The minimum Gasteiger partial charge on any atom is -0.379 e. The van der Waals surface area contributed by atoms with Gasteiger partial charge < -0.3 is 9.64 Å². The van der Waals surface area contributed by atoms with Gasteiger partial charge in [0.1, 0.15) is 0 Å². The first-order chi connectivity index (χ1) is 9.65. The van der Waals surface area contributed by atoms with Gasteiger partial charge in [-0.3, -0.25) is 4.79 Å². The molecule has 0 aromatic carbocycles. The molecule has 0 heterocycles. The summed E-state index contributed by atoms with van der Waals surface area (Å²) in [5.74, 6) is 0.364. The zero-order valence-corrected chi connectivity index (χ0v) is 13.7. The van der Waals surface area contributed by atoms with Gasteiger partial charge in [0.05, 0.1) is 6.10 Å². The number of amides is 1. The van der Waals surface area contributed by atoms with E-state index in [9.17, 15) is 4.79 Å².